The number of hydrogen-bond acceptors (Lipinski definition) is 5. The number of methoxy groups -OCH3 is 2. The van der Waals surface area contributed by atoms with Crippen molar-refractivity contribution in [3.8, 4) is 11.5 Å². The Hall–Kier alpha value is -2.57. The molecule has 2 unspecified atom stereocenters. The number of amides is 1. The van der Waals surface area contributed by atoms with Crippen molar-refractivity contribution < 1.29 is 23.7 Å². The zero-order chi connectivity index (χ0) is 23.4. The van der Waals surface area contributed by atoms with Gasteiger partial charge in [0.1, 0.15) is 0 Å². The number of piperidine rings is 1. The molecule has 1 spiro atoms. The average molecular weight is 454 g/mol. The first-order valence-corrected chi connectivity index (χ1v) is 11.8. The normalized spacial score (nSPS) is 22.4. The number of hydrogen-bond donors (Lipinski definition) is 0. The van der Waals surface area contributed by atoms with Crippen LogP contribution < -0.4 is 9.47 Å². The van der Waals surface area contributed by atoms with E-state index < -0.39 is 0 Å². The Balaban J connectivity index is 1.45. The maximum atomic E-state index is 13.2. The standard InChI is InChI=1S/C27H35NO5/c1-19(2)32-23-11-10-21(16-25(23)31-4)26(29)28-14-12-27(13-15-28)18-22(30-3)17-24(33-27)20-8-6-5-7-9-20/h5-11,16,19,22,24H,12-15,17-18H2,1-4H3. The van der Waals surface area contributed by atoms with Crippen molar-refractivity contribution in [3.05, 3.63) is 59.7 Å². The number of likely N-dealkylation sites (tertiary alicyclic amines) is 1. The number of rotatable bonds is 6. The van der Waals surface area contributed by atoms with Crippen molar-refractivity contribution in [1.82, 2.24) is 4.90 Å². The first-order valence-electron chi connectivity index (χ1n) is 11.8. The van der Waals surface area contributed by atoms with Crippen LogP contribution in [0.2, 0.25) is 0 Å². The van der Waals surface area contributed by atoms with Gasteiger partial charge in [-0.3, -0.25) is 4.79 Å². The molecule has 0 saturated carbocycles. The van der Waals surface area contributed by atoms with Gasteiger partial charge in [-0.2, -0.15) is 0 Å². The molecule has 0 aliphatic carbocycles. The summed E-state index contributed by atoms with van der Waals surface area (Å²) in [5, 5.41) is 0. The maximum Gasteiger partial charge on any atom is 0.253 e. The Morgan fingerprint density at radius 1 is 1.06 bits per heavy atom. The summed E-state index contributed by atoms with van der Waals surface area (Å²) < 4.78 is 23.7. The molecule has 2 aromatic carbocycles. The van der Waals surface area contributed by atoms with Crippen LogP contribution in [-0.2, 0) is 9.47 Å². The fourth-order valence-electron chi connectivity index (χ4n) is 4.96. The summed E-state index contributed by atoms with van der Waals surface area (Å²) in [5.41, 5.74) is 1.54. The lowest BCUT2D eigenvalue weighted by atomic mass is 9.80. The van der Waals surface area contributed by atoms with Crippen LogP contribution in [0.25, 0.3) is 0 Å². The number of nitrogens with zero attached hydrogens (tertiary/aromatic N) is 1. The number of carbonyl (C=O) groups excluding carboxylic acids is 1. The van der Waals surface area contributed by atoms with E-state index in [1.165, 1.54) is 5.56 Å². The zero-order valence-corrected chi connectivity index (χ0v) is 20.1. The topological polar surface area (TPSA) is 57.2 Å². The molecule has 2 saturated heterocycles. The molecule has 0 N–H and O–H groups in total. The van der Waals surface area contributed by atoms with Gasteiger partial charge in [-0.25, -0.2) is 0 Å². The molecular weight excluding hydrogens is 418 g/mol. The highest BCUT2D eigenvalue weighted by molar-refractivity contribution is 5.95. The van der Waals surface area contributed by atoms with Crippen molar-refractivity contribution in [2.75, 3.05) is 27.3 Å². The van der Waals surface area contributed by atoms with Gasteiger partial charge in [0.2, 0.25) is 0 Å². The van der Waals surface area contributed by atoms with Crippen LogP contribution in [0, 0.1) is 0 Å². The quantitative estimate of drug-likeness (QED) is 0.614. The van der Waals surface area contributed by atoms with Crippen LogP contribution in [0.4, 0.5) is 0 Å². The van der Waals surface area contributed by atoms with Gasteiger partial charge in [0.25, 0.3) is 5.91 Å². The molecule has 1 amide bonds. The molecule has 4 rings (SSSR count). The molecule has 33 heavy (non-hydrogen) atoms. The molecular formula is C27H35NO5. The lowest BCUT2D eigenvalue weighted by Gasteiger charge is -2.48. The molecule has 2 aromatic rings. The lowest BCUT2D eigenvalue weighted by molar-refractivity contribution is -0.186. The van der Waals surface area contributed by atoms with Crippen LogP contribution in [0.3, 0.4) is 0 Å². The van der Waals surface area contributed by atoms with Gasteiger partial charge in [-0.15, -0.1) is 0 Å². The number of carbonyl (C=O) groups is 1. The second-order valence-electron chi connectivity index (χ2n) is 9.32. The summed E-state index contributed by atoms with van der Waals surface area (Å²) in [5.74, 6) is 1.24. The molecule has 0 bridgehead atoms. The second kappa shape index (κ2) is 10.1. The van der Waals surface area contributed by atoms with Crippen molar-refractivity contribution in [3.63, 3.8) is 0 Å². The first-order chi connectivity index (χ1) is 15.9. The Bertz CT molecular complexity index is 937. The van der Waals surface area contributed by atoms with Gasteiger partial charge in [0.15, 0.2) is 11.5 Å². The Morgan fingerprint density at radius 2 is 1.79 bits per heavy atom. The first kappa shape index (κ1) is 23.6. The lowest BCUT2D eigenvalue weighted by Crippen LogP contribution is -2.52. The van der Waals surface area contributed by atoms with Crippen LogP contribution in [-0.4, -0.2) is 55.9 Å². The summed E-state index contributed by atoms with van der Waals surface area (Å²) in [4.78, 5) is 15.2. The minimum atomic E-state index is -0.261. The van der Waals surface area contributed by atoms with Gasteiger partial charge in [-0.05, 0) is 50.5 Å². The molecule has 6 nitrogen and oxygen atoms in total. The molecule has 2 aliphatic heterocycles. The number of ether oxygens (including phenoxy) is 4. The smallest absolute Gasteiger partial charge is 0.253 e. The molecule has 2 aliphatic rings. The van der Waals surface area contributed by atoms with Crippen LogP contribution in [0.5, 0.6) is 11.5 Å². The Kier molecular flexibility index (Phi) is 7.25. The highest BCUT2D eigenvalue weighted by Gasteiger charge is 2.45. The molecule has 0 radical (unpaired) electrons. The third-order valence-electron chi connectivity index (χ3n) is 6.71. The van der Waals surface area contributed by atoms with E-state index in [1.807, 2.05) is 36.9 Å². The molecule has 2 atom stereocenters. The molecule has 6 heteroatoms. The van der Waals surface area contributed by atoms with Crippen molar-refractivity contribution in [2.24, 2.45) is 0 Å². The van der Waals surface area contributed by atoms with Crippen molar-refractivity contribution in [1.29, 1.82) is 0 Å². The summed E-state index contributed by atoms with van der Waals surface area (Å²) in [7, 11) is 3.38. The van der Waals surface area contributed by atoms with E-state index in [1.54, 1.807) is 20.3 Å². The van der Waals surface area contributed by atoms with E-state index in [-0.39, 0.29) is 29.8 Å². The van der Waals surface area contributed by atoms with Crippen molar-refractivity contribution in [2.45, 2.75) is 63.4 Å². The van der Waals surface area contributed by atoms with E-state index in [0.717, 1.165) is 25.7 Å². The maximum absolute atomic E-state index is 13.2. The highest BCUT2D eigenvalue weighted by Crippen LogP contribution is 2.44. The van der Waals surface area contributed by atoms with E-state index in [0.29, 0.717) is 30.2 Å². The van der Waals surface area contributed by atoms with Crippen LogP contribution in [0.15, 0.2) is 48.5 Å². The van der Waals surface area contributed by atoms with Gasteiger partial charge < -0.3 is 23.8 Å². The zero-order valence-electron chi connectivity index (χ0n) is 20.1. The minimum absolute atomic E-state index is 0.0120. The summed E-state index contributed by atoms with van der Waals surface area (Å²) in [6.07, 6.45) is 3.53. The predicted molar refractivity (Wildman–Crippen MR) is 127 cm³/mol. The third-order valence-corrected chi connectivity index (χ3v) is 6.71. The molecule has 178 valence electrons. The van der Waals surface area contributed by atoms with Gasteiger partial charge in [0.05, 0.1) is 31.0 Å². The van der Waals surface area contributed by atoms with E-state index in [2.05, 4.69) is 24.3 Å². The molecule has 0 aromatic heterocycles. The Labute approximate surface area is 196 Å². The SMILES string of the molecule is COc1cc(C(=O)N2CCC3(CC2)CC(OC)CC(c2ccccc2)O3)ccc1OC(C)C. The summed E-state index contributed by atoms with van der Waals surface area (Å²) in [6.45, 7) is 5.24. The van der Waals surface area contributed by atoms with Gasteiger partial charge >= 0.3 is 0 Å². The van der Waals surface area contributed by atoms with Crippen LogP contribution in [0.1, 0.15) is 61.6 Å². The van der Waals surface area contributed by atoms with Gasteiger partial charge in [-0.1, -0.05) is 30.3 Å². The third kappa shape index (κ3) is 5.33. The van der Waals surface area contributed by atoms with Crippen LogP contribution >= 0.6 is 0 Å². The highest BCUT2D eigenvalue weighted by atomic mass is 16.5. The largest absolute Gasteiger partial charge is 0.493 e. The minimum Gasteiger partial charge on any atom is -0.493 e. The molecule has 2 heterocycles. The van der Waals surface area contributed by atoms with E-state index in [9.17, 15) is 4.79 Å². The average Bonchev–Trinajstić information content (AvgIpc) is 2.84. The summed E-state index contributed by atoms with van der Waals surface area (Å²) >= 11 is 0. The number of benzene rings is 2. The Morgan fingerprint density at radius 3 is 2.42 bits per heavy atom. The van der Waals surface area contributed by atoms with E-state index in [4.69, 9.17) is 18.9 Å². The second-order valence-corrected chi connectivity index (χ2v) is 9.32. The molecule has 2 fully saturated rings. The predicted octanol–water partition coefficient (Wildman–Crippen LogP) is 5.02. The fourth-order valence-corrected chi connectivity index (χ4v) is 4.96. The summed E-state index contributed by atoms with van der Waals surface area (Å²) in [6, 6.07) is 15.8. The van der Waals surface area contributed by atoms with Gasteiger partial charge in [0, 0.05) is 38.6 Å². The van der Waals surface area contributed by atoms with E-state index >= 15 is 0 Å². The fraction of sp³-hybridized carbons (Fsp3) is 0.519. The van der Waals surface area contributed by atoms with Crippen molar-refractivity contribution >= 4 is 5.91 Å². The monoisotopic (exact) mass is 453 g/mol.